The third-order valence-electron chi connectivity index (χ3n) is 3.10. The number of carbonyl (C=O) groups is 1. The first-order valence-corrected chi connectivity index (χ1v) is 9.39. The van der Waals surface area contributed by atoms with Gasteiger partial charge in [-0.05, 0) is 21.8 Å². The summed E-state index contributed by atoms with van der Waals surface area (Å²) in [6.07, 6.45) is 0. The SMILES string of the molecule is CC(C)C1SCC(C(=O)O)N1S(=O)(=O)c1c(Br)nnn1C. The molecule has 11 heteroatoms. The molecule has 0 spiro atoms. The van der Waals surface area contributed by atoms with Crippen LogP contribution in [0.15, 0.2) is 9.63 Å². The van der Waals surface area contributed by atoms with Gasteiger partial charge in [-0.15, -0.1) is 16.9 Å². The van der Waals surface area contributed by atoms with Crippen molar-refractivity contribution in [2.24, 2.45) is 13.0 Å². The maximum atomic E-state index is 12.9. The second-order valence-electron chi connectivity index (χ2n) is 4.97. The van der Waals surface area contributed by atoms with Crippen molar-refractivity contribution in [1.29, 1.82) is 0 Å². The van der Waals surface area contributed by atoms with E-state index in [0.717, 1.165) is 8.99 Å². The first-order valence-electron chi connectivity index (χ1n) is 6.11. The molecule has 118 valence electrons. The van der Waals surface area contributed by atoms with Gasteiger partial charge in [0.15, 0.2) is 4.60 Å². The number of halogens is 1. The summed E-state index contributed by atoms with van der Waals surface area (Å²) in [5, 5.41) is 16.1. The van der Waals surface area contributed by atoms with Crippen LogP contribution in [0.4, 0.5) is 0 Å². The molecule has 0 aliphatic carbocycles. The summed E-state index contributed by atoms with van der Waals surface area (Å²) in [5.41, 5.74) is 0. The van der Waals surface area contributed by atoms with Crippen molar-refractivity contribution < 1.29 is 18.3 Å². The minimum atomic E-state index is -4.02. The molecule has 2 heterocycles. The molecule has 1 fully saturated rings. The lowest BCUT2D eigenvalue weighted by Gasteiger charge is -2.28. The second kappa shape index (κ2) is 5.86. The molecule has 0 saturated carbocycles. The van der Waals surface area contributed by atoms with E-state index in [4.69, 9.17) is 0 Å². The number of hydrogen-bond donors (Lipinski definition) is 1. The van der Waals surface area contributed by atoms with E-state index in [2.05, 4.69) is 26.2 Å². The molecule has 0 aromatic carbocycles. The van der Waals surface area contributed by atoms with Crippen LogP contribution in [0.25, 0.3) is 0 Å². The normalized spacial score (nSPS) is 23.9. The molecule has 2 atom stereocenters. The highest BCUT2D eigenvalue weighted by atomic mass is 79.9. The first kappa shape index (κ1) is 16.7. The first-order chi connectivity index (χ1) is 9.67. The number of rotatable bonds is 4. The molecule has 1 aliphatic rings. The van der Waals surface area contributed by atoms with Crippen molar-refractivity contribution >= 4 is 43.7 Å². The number of nitrogens with zero attached hydrogens (tertiary/aromatic N) is 4. The Kier molecular flexibility index (Phi) is 4.66. The van der Waals surface area contributed by atoms with Crippen molar-refractivity contribution in [2.75, 3.05) is 5.75 Å². The van der Waals surface area contributed by atoms with Gasteiger partial charge in [-0.25, -0.2) is 13.1 Å². The van der Waals surface area contributed by atoms with Crippen molar-refractivity contribution in [1.82, 2.24) is 19.3 Å². The summed E-state index contributed by atoms with van der Waals surface area (Å²) in [6, 6.07) is -1.09. The van der Waals surface area contributed by atoms with Crippen LogP contribution in [-0.2, 0) is 21.9 Å². The third kappa shape index (κ3) is 2.83. The molecule has 0 amide bonds. The number of aliphatic carboxylic acids is 1. The van der Waals surface area contributed by atoms with Crippen LogP contribution in [0.3, 0.4) is 0 Å². The Bertz CT molecular complexity index is 641. The number of carboxylic acids is 1. The van der Waals surface area contributed by atoms with E-state index in [9.17, 15) is 18.3 Å². The monoisotopic (exact) mass is 398 g/mol. The van der Waals surface area contributed by atoms with Gasteiger partial charge in [-0.3, -0.25) is 4.79 Å². The molecule has 1 aromatic heterocycles. The van der Waals surface area contributed by atoms with Gasteiger partial charge in [-0.1, -0.05) is 19.1 Å². The van der Waals surface area contributed by atoms with E-state index >= 15 is 0 Å². The van der Waals surface area contributed by atoms with Gasteiger partial charge in [-0.2, -0.15) is 4.31 Å². The third-order valence-corrected chi connectivity index (χ3v) is 7.63. The van der Waals surface area contributed by atoms with Gasteiger partial charge in [0.25, 0.3) is 10.0 Å². The fourth-order valence-electron chi connectivity index (χ4n) is 2.18. The number of aromatic nitrogens is 3. The van der Waals surface area contributed by atoms with Crippen LogP contribution in [0.1, 0.15) is 13.8 Å². The van der Waals surface area contributed by atoms with E-state index in [-0.39, 0.29) is 21.3 Å². The van der Waals surface area contributed by atoms with E-state index in [0.29, 0.717) is 0 Å². The van der Waals surface area contributed by atoms with Gasteiger partial charge >= 0.3 is 5.97 Å². The minimum Gasteiger partial charge on any atom is -0.480 e. The smallest absolute Gasteiger partial charge is 0.322 e. The summed E-state index contributed by atoms with van der Waals surface area (Å²) in [6.45, 7) is 3.72. The van der Waals surface area contributed by atoms with E-state index in [1.54, 1.807) is 0 Å². The lowest BCUT2D eigenvalue weighted by Crippen LogP contribution is -2.47. The Morgan fingerprint density at radius 2 is 2.14 bits per heavy atom. The minimum absolute atomic E-state index is 0.0194. The molecular formula is C10H15BrN4O4S2. The zero-order valence-electron chi connectivity index (χ0n) is 11.6. The van der Waals surface area contributed by atoms with E-state index in [1.165, 1.54) is 18.8 Å². The number of sulfonamides is 1. The summed E-state index contributed by atoms with van der Waals surface area (Å²) >= 11 is 4.39. The zero-order valence-corrected chi connectivity index (χ0v) is 14.8. The van der Waals surface area contributed by atoms with Gasteiger partial charge in [0, 0.05) is 12.8 Å². The fraction of sp³-hybridized carbons (Fsp3) is 0.700. The van der Waals surface area contributed by atoms with Gasteiger partial charge in [0.05, 0.1) is 5.37 Å². The molecule has 8 nitrogen and oxygen atoms in total. The Balaban J connectivity index is 2.56. The highest BCUT2D eigenvalue weighted by Gasteiger charge is 2.49. The molecule has 0 radical (unpaired) electrons. The predicted octanol–water partition coefficient (Wildman–Crippen LogP) is 0.750. The zero-order chi connectivity index (χ0) is 15.9. The molecule has 0 bridgehead atoms. The molecule has 1 aliphatic heterocycles. The van der Waals surface area contributed by atoms with Crippen molar-refractivity contribution in [3.05, 3.63) is 4.60 Å². The van der Waals surface area contributed by atoms with Crippen LogP contribution in [-0.4, -0.2) is 56.0 Å². The molecular weight excluding hydrogens is 384 g/mol. The number of hydrogen-bond acceptors (Lipinski definition) is 6. The highest BCUT2D eigenvalue weighted by molar-refractivity contribution is 9.10. The van der Waals surface area contributed by atoms with Crippen LogP contribution in [0, 0.1) is 5.92 Å². The fourth-order valence-corrected chi connectivity index (χ4v) is 6.94. The summed E-state index contributed by atoms with van der Waals surface area (Å²) in [5.74, 6) is -0.949. The van der Waals surface area contributed by atoms with Crippen LogP contribution in [0.5, 0.6) is 0 Å². The Hall–Kier alpha value is -0.650. The Morgan fingerprint density at radius 1 is 1.52 bits per heavy atom. The highest BCUT2D eigenvalue weighted by Crippen LogP contribution is 2.39. The van der Waals surface area contributed by atoms with Gasteiger partial charge in [0.1, 0.15) is 6.04 Å². The van der Waals surface area contributed by atoms with Crippen molar-refractivity contribution in [3.63, 3.8) is 0 Å². The molecule has 2 rings (SSSR count). The van der Waals surface area contributed by atoms with Crippen molar-refractivity contribution in [3.8, 4) is 0 Å². The van der Waals surface area contributed by atoms with Crippen LogP contribution < -0.4 is 0 Å². The Morgan fingerprint density at radius 3 is 2.57 bits per heavy atom. The topological polar surface area (TPSA) is 105 Å². The second-order valence-corrected chi connectivity index (χ2v) is 8.63. The Labute approximate surface area is 135 Å². The molecule has 1 aromatic rings. The average Bonchev–Trinajstić information content (AvgIpc) is 2.93. The standard InChI is InChI=1S/C10H15BrN4O4S2/c1-5(2)8-15(6(4-20-8)10(16)17)21(18,19)9-7(11)12-13-14(9)3/h5-6,8H,4H2,1-3H3,(H,16,17). The summed E-state index contributed by atoms with van der Waals surface area (Å²) < 4.78 is 28.0. The quantitative estimate of drug-likeness (QED) is 0.797. The number of thioether (sulfide) groups is 1. The summed E-state index contributed by atoms with van der Waals surface area (Å²) in [4.78, 5) is 11.4. The number of aryl methyl sites for hydroxylation is 1. The summed E-state index contributed by atoms with van der Waals surface area (Å²) in [7, 11) is -2.57. The van der Waals surface area contributed by atoms with E-state index < -0.39 is 27.4 Å². The lowest BCUT2D eigenvalue weighted by molar-refractivity contribution is -0.140. The average molecular weight is 399 g/mol. The maximum absolute atomic E-state index is 12.9. The van der Waals surface area contributed by atoms with Crippen molar-refractivity contribution in [2.45, 2.75) is 30.3 Å². The van der Waals surface area contributed by atoms with Crippen LogP contribution in [0.2, 0.25) is 0 Å². The number of carboxylic acid groups (broad SMARTS) is 1. The molecule has 2 unspecified atom stereocenters. The molecule has 1 N–H and O–H groups in total. The van der Waals surface area contributed by atoms with E-state index in [1.807, 2.05) is 13.8 Å². The predicted molar refractivity (Wildman–Crippen MR) is 80.2 cm³/mol. The van der Waals surface area contributed by atoms with Gasteiger partial charge < -0.3 is 5.11 Å². The molecule has 21 heavy (non-hydrogen) atoms. The van der Waals surface area contributed by atoms with Crippen LogP contribution >= 0.6 is 27.7 Å². The van der Waals surface area contributed by atoms with Gasteiger partial charge in [0.2, 0.25) is 5.03 Å². The largest absolute Gasteiger partial charge is 0.480 e. The molecule has 1 saturated heterocycles. The lowest BCUT2D eigenvalue weighted by atomic mass is 10.2. The maximum Gasteiger partial charge on any atom is 0.322 e.